The molecule has 0 radical (unpaired) electrons. The van der Waals surface area contributed by atoms with Crippen LogP contribution in [0.15, 0.2) is 0 Å². The molecule has 0 amide bonds. The molecule has 4 nitrogen and oxygen atoms in total. The van der Waals surface area contributed by atoms with Gasteiger partial charge in [-0.15, -0.1) is 0 Å². The van der Waals surface area contributed by atoms with E-state index in [2.05, 4.69) is 21.7 Å². The third-order valence-electron chi connectivity index (χ3n) is 5.55. The van der Waals surface area contributed by atoms with Crippen LogP contribution in [0.4, 0.5) is 0 Å². The smallest absolute Gasteiger partial charge is 0.0499 e. The number of fused-ring (bicyclic) bond motifs is 1. The van der Waals surface area contributed by atoms with E-state index in [0.717, 1.165) is 12.6 Å². The highest BCUT2D eigenvalue weighted by molar-refractivity contribution is 5.09. The van der Waals surface area contributed by atoms with Gasteiger partial charge in [0.25, 0.3) is 0 Å². The monoisotopic (exact) mass is 252 g/mol. The molecule has 0 aromatic carbocycles. The lowest BCUT2D eigenvalue weighted by Crippen LogP contribution is -2.65. The van der Waals surface area contributed by atoms with Crippen molar-refractivity contribution in [2.75, 3.05) is 52.9 Å². The van der Waals surface area contributed by atoms with E-state index in [1.54, 1.807) is 0 Å². The maximum atomic E-state index is 6.26. The number of nitrogens with zero attached hydrogens (tertiary/aromatic N) is 3. The van der Waals surface area contributed by atoms with E-state index in [9.17, 15) is 0 Å². The molecular weight excluding hydrogens is 224 g/mol. The van der Waals surface area contributed by atoms with E-state index in [4.69, 9.17) is 5.73 Å². The molecule has 2 N–H and O–H groups in total. The van der Waals surface area contributed by atoms with Crippen molar-refractivity contribution < 1.29 is 0 Å². The highest BCUT2D eigenvalue weighted by Crippen LogP contribution is 2.39. The zero-order chi connectivity index (χ0) is 12.6. The van der Waals surface area contributed by atoms with Crippen LogP contribution in [-0.2, 0) is 0 Å². The standard InChI is InChI=1S/C14H28N4/c1-16-8-10-18(11-9-16)14(12-15)5-7-17-6-3-2-4-13(14)17/h13H,2-12,15H2,1H3. The Hall–Kier alpha value is -0.160. The topological polar surface area (TPSA) is 35.7 Å². The van der Waals surface area contributed by atoms with Crippen molar-refractivity contribution in [1.29, 1.82) is 0 Å². The van der Waals surface area contributed by atoms with Crippen LogP contribution < -0.4 is 5.73 Å². The van der Waals surface area contributed by atoms with Gasteiger partial charge in [0, 0.05) is 50.8 Å². The van der Waals surface area contributed by atoms with Gasteiger partial charge in [0.15, 0.2) is 0 Å². The van der Waals surface area contributed by atoms with Crippen molar-refractivity contribution in [3.05, 3.63) is 0 Å². The van der Waals surface area contributed by atoms with Crippen LogP contribution in [0.2, 0.25) is 0 Å². The molecule has 3 saturated heterocycles. The van der Waals surface area contributed by atoms with Gasteiger partial charge < -0.3 is 10.6 Å². The maximum Gasteiger partial charge on any atom is 0.0499 e. The quantitative estimate of drug-likeness (QED) is 0.761. The first kappa shape index (κ1) is 12.9. The summed E-state index contributed by atoms with van der Waals surface area (Å²) in [5.41, 5.74) is 6.55. The summed E-state index contributed by atoms with van der Waals surface area (Å²) in [6.45, 7) is 8.24. The first-order valence-corrected chi connectivity index (χ1v) is 7.64. The molecule has 0 bridgehead atoms. The van der Waals surface area contributed by atoms with Crippen LogP contribution in [-0.4, -0.2) is 79.1 Å². The van der Waals surface area contributed by atoms with Gasteiger partial charge in [-0.05, 0) is 32.9 Å². The molecule has 0 aliphatic carbocycles. The lowest BCUT2D eigenvalue weighted by atomic mass is 9.83. The number of nitrogens with two attached hydrogens (primary N) is 1. The molecule has 2 atom stereocenters. The minimum Gasteiger partial charge on any atom is -0.329 e. The first-order chi connectivity index (χ1) is 8.76. The van der Waals surface area contributed by atoms with Crippen molar-refractivity contribution in [1.82, 2.24) is 14.7 Å². The van der Waals surface area contributed by atoms with E-state index in [0.29, 0.717) is 5.54 Å². The third kappa shape index (κ3) is 1.99. The Morgan fingerprint density at radius 2 is 1.83 bits per heavy atom. The Bertz CT molecular complexity index is 288. The van der Waals surface area contributed by atoms with Gasteiger partial charge in [-0.2, -0.15) is 0 Å². The normalized spacial score (nSPS) is 40.0. The van der Waals surface area contributed by atoms with E-state index in [-0.39, 0.29) is 0 Å². The van der Waals surface area contributed by atoms with Crippen LogP contribution >= 0.6 is 0 Å². The molecule has 3 aliphatic heterocycles. The van der Waals surface area contributed by atoms with Gasteiger partial charge in [-0.3, -0.25) is 9.80 Å². The Morgan fingerprint density at radius 3 is 2.56 bits per heavy atom. The second-order valence-electron chi connectivity index (χ2n) is 6.40. The summed E-state index contributed by atoms with van der Waals surface area (Å²) in [5.74, 6) is 0. The number of hydrogen-bond acceptors (Lipinski definition) is 4. The fourth-order valence-electron chi connectivity index (χ4n) is 4.36. The van der Waals surface area contributed by atoms with Crippen molar-refractivity contribution in [3.63, 3.8) is 0 Å². The van der Waals surface area contributed by atoms with Crippen molar-refractivity contribution in [3.8, 4) is 0 Å². The number of rotatable bonds is 2. The van der Waals surface area contributed by atoms with Crippen LogP contribution in [0.25, 0.3) is 0 Å². The van der Waals surface area contributed by atoms with Crippen LogP contribution in [0.1, 0.15) is 25.7 Å². The summed E-state index contributed by atoms with van der Waals surface area (Å²) in [5, 5.41) is 0. The van der Waals surface area contributed by atoms with E-state index < -0.39 is 0 Å². The second-order valence-corrected chi connectivity index (χ2v) is 6.40. The highest BCUT2D eigenvalue weighted by Gasteiger charge is 2.50. The molecule has 0 spiro atoms. The van der Waals surface area contributed by atoms with Crippen molar-refractivity contribution in [2.24, 2.45) is 5.73 Å². The minimum atomic E-state index is 0.293. The molecule has 2 unspecified atom stereocenters. The molecule has 3 rings (SSSR count). The Balaban J connectivity index is 1.77. The molecule has 3 fully saturated rings. The van der Waals surface area contributed by atoms with Gasteiger partial charge in [0.1, 0.15) is 0 Å². The van der Waals surface area contributed by atoms with Crippen LogP contribution in [0, 0.1) is 0 Å². The number of likely N-dealkylation sites (N-methyl/N-ethyl adjacent to an activating group) is 1. The third-order valence-corrected chi connectivity index (χ3v) is 5.55. The van der Waals surface area contributed by atoms with Crippen LogP contribution in [0.5, 0.6) is 0 Å². The number of hydrogen-bond donors (Lipinski definition) is 1. The Kier molecular flexibility index (Phi) is 3.63. The Morgan fingerprint density at radius 1 is 1.06 bits per heavy atom. The minimum absolute atomic E-state index is 0.293. The SMILES string of the molecule is CN1CCN(C2(CN)CCN3CCCCC32)CC1. The molecule has 104 valence electrons. The fourth-order valence-corrected chi connectivity index (χ4v) is 4.36. The van der Waals surface area contributed by atoms with Crippen molar-refractivity contribution >= 4 is 0 Å². The predicted molar refractivity (Wildman–Crippen MR) is 74.7 cm³/mol. The molecular formula is C14H28N4. The summed E-state index contributed by atoms with van der Waals surface area (Å²) in [6, 6.07) is 0.736. The number of piperidine rings is 1. The molecule has 3 heterocycles. The Labute approximate surface area is 111 Å². The lowest BCUT2D eigenvalue weighted by molar-refractivity contribution is 0.00807. The lowest BCUT2D eigenvalue weighted by Gasteiger charge is -2.50. The van der Waals surface area contributed by atoms with E-state index in [1.165, 1.54) is 65.0 Å². The summed E-state index contributed by atoms with van der Waals surface area (Å²) >= 11 is 0. The molecule has 0 aromatic rings. The van der Waals surface area contributed by atoms with Crippen molar-refractivity contribution in [2.45, 2.75) is 37.3 Å². The zero-order valence-corrected chi connectivity index (χ0v) is 11.8. The molecule has 18 heavy (non-hydrogen) atoms. The van der Waals surface area contributed by atoms with Gasteiger partial charge >= 0.3 is 0 Å². The zero-order valence-electron chi connectivity index (χ0n) is 11.8. The average molecular weight is 252 g/mol. The van der Waals surface area contributed by atoms with Gasteiger partial charge in [-0.1, -0.05) is 6.42 Å². The summed E-state index contributed by atoms with van der Waals surface area (Å²) < 4.78 is 0. The van der Waals surface area contributed by atoms with E-state index >= 15 is 0 Å². The molecule has 0 saturated carbocycles. The van der Waals surface area contributed by atoms with Gasteiger partial charge in [0.2, 0.25) is 0 Å². The van der Waals surface area contributed by atoms with Gasteiger partial charge in [-0.25, -0.2) is 0 Å². The van der Waals surface area contributed by atoms with Crippen LogP contribution in [0.3, 0.4) is 0 Å². The molecule has 4 heteroatoms. The van der Waals surface area contributed by atoms with Gasteiger partial charge in [0.05, 0.1) is 0 Å². The predicted octanol–water partition coefficient (Wildman–Crippen LogP) is 0.190. The highest BCUT2D eigenvalue weighted by atomic mass is 15.4. The largest absolute Gasteiger partial charge is 0.329 e. The maximum absolute atomic E-state index is 6.26. The second kappa shape index (κ2) is 5.08. The van der Waals surface area contributed by atoms with E-state index in [1.807, 2.05) is 0 Å². The fraction of sp³-hybridized carbons (Fsp3) is 1.00. The molecule has 0 aromatic heterocycles. The summed E-state index contributed by atoms with van der Waals surface area (Å²) in [6.07, 6.45) is 5.44. The average Bonchev–Trinajstić information content (AvgIpc) is 2.80. The first-order valence-electron chi connectivity index (χ1n) is 7.64. The number of piperazine rings is 1. The summed E-state index contributed by atoms with van der Waals surface area (Å²) in [7, 11) is 2.23. The molecule has 3 aliphatic rings. The summed E-state index contributed by atoms with van der Waals surface area (Å²) in [4.78, 5) is 7.88.